The van der Waals surface area contributed by atoms with Gasteiger partial charge in [0.2, 0.25) is 0 Å². The van der Waals surface area contributed by atoms with E-state index < -0.39 is 5.60 Å². The maximum absolute atomic E-state index is 13.9. The average molecular weight is 507 g/mol. The van der Waals surface area contributed by atoms with Gasteiger partial charge in [0.1, 0.15) is 23.7 Å². The lowest BCUT2D eigenvalue weighted by Crippen LogP contribution is -2.25. The number of carbonyl (C=O) groups is 1. The molecular formula is C29H31FN2O5. The van der Waals surface area contributed by atoms with Gasteiger partial charge >= 0.3 is 0 Å². The SMILES string of the molecule is COc1cc(C(=O)CCC(C)(O)c2cc3c(c(-c4ccc(F)c(C)c4)n2)OCC3N)ccc1OC1CC1. The van der Waals surface area contributed by atoms with Crippen LogP contribution in [0.1, 0.15) is 65.8 Å². The largest absolute Gasteiger partial charge is 0.493 e. The van der Waals surface area contributed by atoms with Gasteiger partial charge in [-0.2, -0.15) is 0 Å². The van der Waals surface area contributed by atoms with Crippen LogP contribution in [-0.2, 0) is 5.60 Å². The van der Waals surface area contributed by atoms with E-state index in [1.54, 1.807) is 57.4 Å². The Morgan fingerprint density at radius 2 is 2.00 bits per heavy atom. The number of ether oxygens (including phenoxy) is 3. The van der Waals surface area contributed by atoms with Gasteiger partial charge in [-0.3, -0.25) is 4.79 Å². The molecule has 8 heteroatoms. The number of carbonyl (C=O) groups excluding carboxylic acids is 1. The van der Waals surface area contributed by atoms with Gasteiger partial charge in [-0.25, -0.2) is 9.37 Å². The van der Waals surface area contributed by atoms with Gasteiger partial charge in [-0.1, -0.05) is 0 Å². The highest BCUT2D eigenvalue weighted by molar-refractivity contribution is 5.96. The van der Waals surface area contributed by atoms with Crippen LogP contribution in [0.5, 0.6) is 17.2 Å². The molecule has 7 nitrogen and oxygen atoms in total. The van der Waals surface area contributed by atoms with E-state index in [1.165, 1.54) is 6.07 Å². The Balaban J connectivity index is 1.39. The first kappa shape index (κ1) is 25.2. The molecule has 2 aromatic carbocycles. The fourth-order valence-corrected chi connectivity index (χ4v) is 4.44. The third kappa shape index (κ3) is 5.17. The second-order valence-electron chi connectivity index (χ2n) is 10.0. The summed E-state index contributed by atoms with van der Waals surface area (Å²) >= 11 is 0. The summed E-state index contributed by atoms with van der Waals surface area (Å²) in [7, 11) is 1.54. The van der Waals surface area contributed by atoms with Gasteiger partial charge in [0.25, 0.3) is 0 Å². The van der Waals surface area contributed by atoms with Gasteiger partial charge in [-0.15, -0.1) is 0 Å². The molecular weight excluding hydrogens is 475 g/mol. The number of aryl methyl sites for hydroxylation is 1. The molecule has 0 amide bonds. The number of hydrogen-bond donors (Lipinski definition) is 2. The van der Waals surface area contributed by atoms with E-state index in [2.05, 4.69) is 0 Å². The standard InChI is InChI=1S/C29H31FN2O5/c1-16-12-18(4-8-21(16)30)27-28-20(22(31)15-36-28)14-26(32-27)29(2,34)11-10-23(33)17-5-9-24(25(13-17)35-3)37-19-6-7-19/h4-5,8-9,12-14,19,22,34H,6-7,10-11,15,31H2,1-3H3. The number of nitrogens with two attached hydrogens (primary N) is 1. The van der Waals surface area contributed by atoms with Crippen molar-refractivity contribution >= 4 is 5.78 Å². The van der Waals surface area contributed by atoms with Crippen LogP contribution >= 0.6 is 0 Å². The summed E-state index contributed by atoms with van der Waals surface area (Å²) in [5.74, 6) is 1.22. The number of hydrogen-bond acceptors (Lipinski definition) is 7. The Morgan fingerprint density at radius 3 is 2.70 bits per heavy atom. The molecule has 1 fully saturated rings. The summed E-state index contributed by atoms with van der Waals surface area (Å²) in [4.78, 5) is 17.7. The molecule has 0 radical (unpaired) electrons. The smallest absolute Gasteiger partial charge is 0.163 e. The van der Waals surface area contributed by atoms with E-state index in [4.69, 9.17) is 24.9 Å². The summed E-state index contributed by atoms with van der Waals surface area (Å²) in [5.41, 5.74) is 8.06. The fourth-order valence-electron chi connectivity index (χ4n) is 4.44. The molecule has 2 heterocycles. The Hall–Kier alpha value is -3.49. The van der Waals surface area contributed by atoms with Gasteiger partial charge in [0, 0.05) is 23.1 Å². The van der Waals surface area contributed by atoms with Crippen molar-refractivity contribution in [2.45, 2.75) is 57.3 Å². The molecule has 37 heavy (non-hydrogen) atoms. The summed E-state index contributed by atoms with van der Waals surface area (Å²) in [5, 5.41) is 11.4. The summed E-state index contributed by atoms with van der Waals surface area (Å²) in [6.07, 6.45) is 2.49. The van der Waals surface area contributed by atoms with Crippen molar-refractivity contribution in [3.8, 4) is 28.5 Å². The van der Waals surface area contributed by atoms with Crippen LogP contribution in [0, 0.1) is 12.7 Å². The zero-order valence-corrected chi connectivity index (χ0v) is 21.2. The second-order valence-corrected chi connectivity index (χ2v) is 10.0. The highest BCUT2D eigenvalue weighted by Crippen LogP contribution is 2.42. The van der Waals surface area contributed by atoms with Gasteiger partial charge in [0.15, 0.2) is 23.0 Å². The molecule has 5 rings (SSSR count). The van der Waals surface area contributed by atoms with Crippen LogP contribution in [0.2, 0.25) is 0 Å². The van der Waals surface area contributed by atoms with Crippen molar-refractivity contribution in [1.29, 1.82) is 0 Å². The quantitative estimate of drug-likeness (QED) is 0.393. The van der Waals surface area contributed by atoms with E-state index in [1.807, 2.05) is 0 Å². The molecule has 1 aliphatic heterocycles. The van der Waals surface area contributed by atoms with Crippen molar-refractivity contribution in [3.05, 3.63) is 70.7 Å². The monoisotopic (exact) mass is 506 g/mol. The molecule has 0 saturated heterocycles. The van der Waals surface area contributed by atoms with Crippen LogP contribution in [0.3, 0.4) is 0 Å². The molecule has 1 aliphatic carbocycles. The van der Waals surface area contributed by atoms with E-state index in [9.17, 15) is 14.3 Å². The summed E-state index contributed by atoms with van der Waals surface area (Å²) in [6, 6.07) is 11.2. The number of benzene rings is 2. The first-order valence-corrected chi connectivity index (χ1v) is 12.5. The number of fused-ring (bicyclic) bond motifs is 1. The van der Waals surface area contributed by atoms with Crippen LogP contribution in [0.25, 0.3) is 11.3 Å². The van der Waals surface area contributed by atoms with Crippen LogP contribution in [0.4, 0.5) is 4.39 Å². The van der Waals surface area contributed by atoms with Crippen molar-refractivity contribution in [1.82, 2.24) is 4.98 Å². The predicted octanol–water partition coefficient (Wildman–Crippen LogP) is 5.01. The molecule has 2 atom stereocenters. The molecule has 3 N–H and O–H groups in total. The molecule has 1 aromatic heterocycles. The van der Waals surface area contributed by atoms with Crippen LogP contribution in [-0.4, -0.2) is 35.7 Å². The zero-order valence-electron chi connectivity index (χ0n) is 21.2. The molecule has 194 valence electrons. The maximum Gasteiger partial charge on any atom is 0.163 e. The number of nitrogens with zero attached hydrogens (tertiary/aromatic N) is 1. The lowest BCUT2D eigenvalue weighted by Gasteiger charge is -2.24. The molecule has 3 aromatic rings. The third-order valence-electron chi connectivity index (χ3n) is 6.93. The number of rotatable bonds is 9. The molecule has 1 saturated carbocycles. The van der Waals surface area contributed by atoms with E-state index in [0.717, 1.165) is 18.4 Å². The highest BCUT2D eigenvalue weighted by atomic mass is 19.1. The van der Waals surface area contributed by atoms with E-state index >= 15 is 0 Å². The van der Waals surface area contributed by atoms with Gasteiger partial charge in [0.05, 0.1) is 24.9 Å². The Labute approximate surface area is 215 Å². The topological polar surface area (TPSA) is 104 Å². The number of ketones is 1. The number of aliphatic hydroxyl groups is 1. The van der Waals surface area contributed by atoms with Gasteiger partial charge < -0.3 is 25.1 Å². The minimum atomic E-state index is -1.42. The minimum Gasteiger partial charge on any atom is -0.493 e. The molecule has 0 bridgehead atoms. The third-order valence-corrected chi connectivity index (χ3v) is 6.93. The van der Waals surface area contributed by atoms with Crippen LogP contribution < -0.4 is 19.9 Å². The molecule has 0 spiro atoms. The second kappa shape index (κ2) is 9.76. The molecule has 2 unspecified atom stereocenters. The van der Waals surface area contributed by atoms with Crippen LogP contribution in [0.15, 0.2) is 42.5 Å². The number of halogens is 1. The van der Waals surface area contributed by atoms with Crippen molar-refractivity contribution in [3.63, 3.8) is 0 Å². The van der Waals surface area contributed by atoms with Gasteiger partial charge in [-0.05, 0) is 81.1 Å². The summed E-state index contributed by atoms with van der Waals surface area (Å²) in [6.45, 7) is 3.59. The lowest BCUT2D eigenvalue weighted by atomic mass is 9.90. The maximum atomic E-state index is 13.9. The first-order valence-electron chi connectivity index (χ1n) is 12.5. The fraction of sp³-hybridized carbons (Fsp3) is 0.379. The van der Waals surface area contributed by atoms with E-state index in [0.29, 0.717) is 45.3 Å². The highest BCUT2D eigenvalue weighted by Gasteiger charge is 2.33. The normalized spacial score (nSPS) is 18.1. The molecule has 2 aliphatic rings. The Bertz CT molecular complexity index is 1350. The Morgan fingerprint density at radius 1 is 1.22 bits per heavy atom. The lowest BCUT2D eigenvalue weighted by molar-refractivity contribution is 0.0397. The number of aromatic nitrogens is 1. The van der Waals surface area contributed by atoms with E-state index in [-0.39, 0.29) is 43.2 Å². The Kier molecular flexibility index (Phi) is 6.64. The van der Waals surface area contributed by atoms with Crippen molar-refractivity contribution in [2.24, 2.45) is 5.73 Å². The zero-order chi connectivity index (χ0) is 26.3. The predicted molar refractivity (Wildman–Crippen MR) is 137 cm³/mol. The first-order chi connectivity index (χ1) is 17.7. The number of pyridine rings is 1. The van der Waals surface area contributed by atoms with Crippen molar-refractivity contribution < 1.29 is 28.5 Å². The van der Waals surface area contributed by atoms with Crippen molar-refractivity contribution in [2.75, 3.05) is 13.7 Å². The minimum absolute atomic E-state index is 0.0886. The number of Topliss-reactive ketones (excluding diaryl/α,β-unsaturated/α-hetero) is 1. The number of methoxy groups -OCH3 is 1. The average Bonchev–Trinajstić information content (AvgIpc) is 3.63. The summed E-state index contributed by atoms with van der Waals surface area (Å²) < 4.78 is 31.0.